The Morgan fingerprint density at radius 3 is 2.85 bits per heavy atom. The topological polar surface area (TPSA) is 94.0 Å². The molecule has 8 heteroatoms. The number of halogens is 1. The molecule has 140 valence electrons. The van der Waals surface area contributed by atoms with Gasteiger partial charge in [0.2, 0.25) is 0 Å². The molecule has 1 amide bonds. The Labute approximate surface area is 159 Å². The summed E-state index contributed by atoms with van der Waals surface area (Å²) in [6.45, 7) is 1.90. The minimum Gasteiger partial charge on any atom is -0.333 e. The second-order valence-electron chi connectivity index (χ2n) is 6.87. The number of nitrogens with one attached hydrogen (secondary N) is 1. The number of carbonyl (C=O) groups is 1. The van der Waals surface area contributed by atoms with E-state index in [-0.39, 0.29) is 11.5 Å². The summed E-state index contributed by atoms with van der Waals surface area (Å²) >= 11 is 1.33. The molecule has 0 aliphatic heterocycles. The van der Waals surface area contributed by atoms with E-state index in [1.165, 1.54) is 29.5 Å². The van der Waals surface area contributed by atoms with E-state index in [2.05, 4.69) is 15.5 Å². The highest BCUT2D eigenvalue weighted by Gasteiger charge is 2.36. The Morgan fingerprint density at radius 2 is 2.11 bits per heavy atom. The van der Waals surface area contributed by atoms with E-state index in [9.17, 15) is 9.18 Å². The van der Waals surface area contributed by atoms with Crippen LogP contribution < -0.4 is 11.1 Å². The van der Waals surface area contributed by atoms with Crippen LogP contribution in [0.2, 0.25) is 0 Å². The van der Waals surface area contributed by atoms with Crippen molar-refractivity contribution < 1.29 is 13.7 Å². The van der Waals surface area contributed by atoms with Crippen LogP contribution in [0.15, 0.2) is 34.9 Å². The van der Waals surface area contributed by atoms with Crippen LogP contribution in [0.1, 0.15) is 47.4 Å². The Hall–Kier alpha value is -2.58. The molecule has 1 aliphatic carbocycles. The van der Waals surface area contributed by atoms with Gasteiger partial charge in [-0.3, -0.25) is 4.79 Å². The smallest absolute Gasteiger partial charge is 0.268 e. The van der Waals surface area contributed by atoms with Crippen LogP contribution in [0.3, 0.4) is 0 Å². The number of rotatable bonds is 4. The van der Waals surface area contributed by atoms with Crippen molar-refractivity contribution in [3.05, 3.63) is 53.1 Å². The summed E-state index contributed by atoms with van der Waals surface area (Å²) in [6, 6.07) is 7.39. The van der Waals surface area contributed by atoms with Gasteiger partial charge in [-0.2, -0.15) is 4.98 Å². The van der Waals surface area contributed by atoms with Crippen LogP contribution in [0.25, 0.3) is 10.8 Å². The number of aryl methyl sites for hydroxylation is 1. The first kappa shape index (κ1) is 17.8. The van der Waals surface area contributed by atoms with Crippen molar-refractivity contribution in [2.75, 3.05) is 5.32 Å². The molecule has 2 heterocycles. The quantitative estimate of drug-likeness (QED) is 0.700. The monoisotopic (exact) mass is 386 g/mol. The van der Waals surface area contributed by atoms with Crippen molar-refractivity contribution in [3.8, 4) is 10.8 Å². The standard InChI is InChI=1S/C19H19FN4O2S/c1-11-9-14(22-16(25)12-5-4-6-13(20)10-12)27-15(11)17-23-18(24-26-17)19(21)7-2-3-8-19/h4-6,9-10H,2-3,7-8,21H2,1H3,(H,22,25). The normalized spacial score (nSPS) is 15.8. The van der Waals surface area contributed by atoms with Gasteiger partial charge in [0.15, 0.2) is 5.82 Å². The van der Waals surface area contributed by atoms with Crippen molar-refractivity contribution in [1.29, 1.82) is 0 Å². The van der Waals surface area contributed by atoms with Gasteiger partial charge in [0.05, 0.1) is 15.4 Å². The maximum Gasteiger partial charge on any atom is 0.268 e. The number of benzene rings is 1. The van der Waals surface area contributed by atoms with E-state index < -0.39 is 11.4 Å². The van der Waals surface area contributed by atoms with Crippen molar-refractivity contribution >= 4 is 22.2 Å². The first-order valence-electron chi connectivity index (χ1n) is 8.75. The molecule has 4 rings (SSSR count). The second kappa shape index (κ2) is 6.86. The predicted octanol–water partition coefficient (Wildman–Crippen LogP) is 4.23. The molecule has 3 aromatic rings. The number of hydrogen-bond acceptors (Lipinski definition) is 6. The third-order valence-corrected chi connectivity index (χ3v) is 5.94. The molecular formula is C19H19FN4O2S. The van der Waals surface area contributed by atoms with Crippen molar-refractivity contribution in [2.24, 2.45) is 5.73 Å². The first-order chi connectivity index (χ1) is 12.9. The Morgan fingerprint density at radius 1 is 1.33 bits per heavy atom. The summed E-state index contributed by atoms with van der Waals surface area (Å²) in [7, 11) is 0. The highest BCUT2D eigenvalue weighted by Crippen LogP contribution is 2.38. The number of thiophene rings is 1. The first-order valence-corrected chi connectivity index (χ1v) is 9.57. The molecule has 6 nitrogen and oxygen atoms in total. The lowest BCUT2D eigenvalue weighted by molar-refractivity contribution is 0.102. The number of carbonyl (C=O) groups excluding carboxylic acids is 1. The Balaban J connectivity index is 1.55. The number of aromatic nitrogens is 2. The van der Waals surface area contributed by atoms with E-state index in [4.69, 9.17) is 10.3 Å². The van der Waals surface area contributed by atoms with Crippen LogP contribution in [0.5, 0.6) is 0 Å². The summed E-state index contributed by atoms with van der Waals surface area (Å²) in [5.41, 5.74) is 7.04. The zero-order valence-electron chi connectivity index (χ0n) is 14.8. The minimum absolute atomic E-state index is 0.258. The van der Waals surface area contributed by atoms with Gasteiger partial charge in [0.25, 0.3) is 11.8 Å². The largest absolute Gasteiger partial charge is 0.333 e. The molecule has 1 aromatic carbocycles. The Bertz CT molecular complexity index is 991. The van der Waals surface area contributed by atoms with Gasteiger partial charge in [-0.25, -0.2) is 4.39 Å². The van der Waals surface area contributed by atoms with E-state index >= 15 is 0 Å². The molecule has 1 aliphatic rings. The highest BCUT2D eigenvalue weighted by molar-refractivity contribution is 7.19. The van der Waals surface area contributed by atoms with Crippen LogP contribution in [-0.4, -0.2) is 16.0 Å². The minimum atomic E-state index is -0.513. The molecule has 3 N–H and O–H groups in total. The molecule has 27 heavy (non-hydrogen) atoms. The van der Waals surface area contributed by atoms with Gasteiger partial charge in [-0.15, -0.1) is 11.3 Å². The SMILES string of the molecule is Cc1cc(NC(=O)c2cccc(F)c2)sc1-c1nc(C2(N)CCCC2)no1. The van der Waals surface area contributed by atoms with Crippen LogP contribution >= 0.6 is 11.3 Å². The highest BCUT2D eigenvalue weighted by atomic mass is 32.1. The van der Waals surface area contributed by atoms with Gasteiger partial charge in [-0.05, 0) is 49.6 Å². The third-order valence-electron chi connectivity index (χ3n) is 4.80. The molecule has 1 fully saturated rings. The lowest BCUT2D eigenvalue weighted by Gasteiger charge is -2.17. The predicted molar refractivity (Wildman–Crippen MR) is 101 cm³/mol. The molecule has 0 saturated heterocycles. The molecule has 0 unspecified atom stereocenters. The third kappa shape index (κ3) is 3.50. The van der Waals surface area contributed by atoms with Gasteiger partial charge < -0.3 is 15.6 Å². The zero-order chi connectivity index (χ0) is 19.0. The molecular weight excluding hydrogens is 367 g/mol. The molecule has 0 radical (unpaired) electrons. The number of hydrogen-bond donors (Lipinski definition) is 2. The van der Waals surface area contributed by atoms with Gasteiger partial charge >= 0.3 is 0 Å². The van der Waals surface area contributed by atoms with Crippen molar-refractivity contribution in [3.63, 3.8) is 0 Å². The molecule has 0 spiro atoms. The summed E-state index contributed by atoms with van der Waals surface area (Å²) in [6.07, 6.45) is 3.83. The summed E-state index contributed by atoms with van der Waals surface area (Å²) in [5, 5.41) is 7.49. The summed E-state index contributed by atoms with van der Waals surface area (Å²) in [4.78, 5) is 17.6. The van der Waals surface area contributed by atoms with Crippen molar-refractivity contribution in [1.82, 2.24) is 10.1 Å². The maximum absolute atomic E-state index is 13.3. The fourth-order valence-electron chi connectivity index (χ4n) is 3.32. The molecule has 0 atom stereocenters. The summed E-state index contributed by atoms with van der Waals surface area (Å²) in [5.74, 6) is 0.107. The number of nitrogens with zero attached hydrogens (tertiary/aromatic N) is 2. The molecule has 1 saturated carbocycles. The fourth-order valence-corrected chi connectivity index (χ4v) is 4.31. The number of amides is 1. The molecule has 2 aromatic heterocycles. The lowest BCUT2D eigenvalue weighted by atomic mass is 9.99. The van der Waals surface area contributed by atoms with Gasteiger partial charge in [0, 0.05) is 5.56 Å². The summed E-state index contributed by atoms with van der Waals surface area (Å²) < 4.78 is 18.7. The van der Waals surface area contributed by atoms with E-state index in [0.29, 0.717) is 16.7 Å². The lowest BCUT2D eigenvalue weighted by Crippen LogP contribution is -2.34. The average Bonchev–Trinajstić information content (AvgIpc) is 3.35. The molecule has 0 bridgehead atoms. The van der Waals surface area contributed by atoms with E-state index in [1.807, 2.05) is 13.0 Å². The van der Waals surface area contributed by atoms with Crippen LogP contribution in [0, 0.1) is 12.7 Å². The van der Waals surface area contributed by atoms with Crippen molar-refractivity contribution in [2.45, 2.75) is 38.1 Å². The zero-order valence-corrected chi connectivity index (χ0v) is 15.6. The van der Waals surface area contributed by atoms with Gasteiger partial charge in [0.1, 0.15) is 5.82 Å². The Kier molecular flexibility index (Phi) is 4.53. The fraction of sp³-hybridized carbons (Fsp3) is 0.316. The average molecular weight is 386 g/mol. The number of anilines is 1. The van der Waals surface area contributed by atoms with E-state index in [0.717, 1.165) is 36.1 Å². The van der Waals surface area contributed by atoms with Crippen LogP contribution in [-0.2, 0) is 5.54 Å². The van der Waals surface area contributed by atoms with E-state index in [1.54, 1.807) is 6.07 Å². The van der Waals surface area contributed by atoms with Gasteiger partial charge in [-0.1, -0.05) is 24.1 Å². The van der Waals surface area contributed by atoms with Crippen LogP contribution in [0.4, 0.5) is 9.39 Å². The number of nitrogens with two attached hydrogens (primary N) is 1. The second-order valence-corrected chi connectivity index (χ2v) is 7.93. The maximum atomic E-state index is 13.3.